The Labute approximate surface area is 132 Å². The fourth-order valence-electron chi connectivity index (χ4n) is 4.18. The standard InChI is InChI=1S/C17H17BrO3/c1-2-8-3-4-9(18)7-10(8)13-16(19)14-11-5-6-12(21-11)15(14)17(13)20/h3-4,7,11-12,14-15,19H,2,5-6H2,1H3/t11?,12?,14-,15+/m0/s1. The van der Waals surface area contributed by atoms with Crippen molar-refractivity contribution in [3.8, 4) is 0 Å². The van der Waals surface area contributed by atoms with Crippen LogP contribution < -0.4 is 0 Å². The Morgan fingerprint density at radius 1 is 1.29 bits per heavy atom. The predicted octanol–water partition coefficient (Wildman–Crippen LogP) is 3.66. The van der Waals surface area contributed by atoms with Crippen molar-refractivity contribution in [1.29, 1.82) is 0 Å². The molecule has 0 radical (unpaired) electrons. The number of halogens is 1. The van der Waals surface area contributed by atoms with Crippen LogP contribution in [0.2, 0.25) is 0 Å². The van der Waals surface area contributed by atoms with Crippen molar-refractivity contribution in [2.45, 2.75) is 38.4 Å². The molecule has 3 nitrogen and oxygen atoms in total. The maximum atomic E-state index is 12.9. The number of benzene rings is 1. The van der Waals surface area contributed by atoms with Gasteiger partial charge in [0.1, 0.15) is 5.76 Å². The van der Waals surface area contributed by atoms with Crippen LogP contribution in [0.25, 0.3) is 5.57 Å². The van der Waals surface area contributed by atoms with Gasteiger partial charge in [-0.15, -0.1) is 0 Å². The van der Waals surface area contributed by atoms with Gasteiger partial charge >= 0.3 is 0 Å². The molecule has 1 aliphatic carbocycles. The number of rotatable bonds is 2. The van der Waals surface area contributed by atoms with Crippen LogP contribution in [-0.2, 0) is 16.0 Å². The fourth-order valence-corrected chi connectivity index (χ4v) is 4.54. The molecule has 0 amide bonds. The van der Waals surface area contributed by atoms with E-state index in [1.165, 1.54) is 0 Å². The quantitative estimate of drug-likeness (QED) is 0.887. The molecule has 4 heteroatoms. The molecule has 1 aromatic carbocycles. The van der Waals surface area contributed by atoms with Gasteiger partial charge in [-0.3, -0.25) is 4.79 Å². The van der Waals surface area contributed by atoms with E-state index < -0.39 is 0 Å². The Bertz CT molecular complexity index is 664. The molecule has 2 unspecified atom stereocenters. The lowest BCUT2D eigenvalue weighted by Crippen LogP contribution is -2.29. The van der Waals surface area contributed by atoms with Crippen LogP contribution in [0.3, 0.4) is 0 Å². The highest BCUT2D eigenvalue weighted by Gasteiger charge is 2.59. The number of aliphatic hydroxyl groups excluding tert-OH is 1. The van der Waals surface area contributed by atoms with Crippen molar-refractivity contribution in [2.24, 2.45) is 11.8 Å². The highest BCUT2D eigenvalue weighted by Crippen LogP contribution is 2.53. The number of hydrogen-bond acceptors (Lipinski definition) is 3. The third-order valence-corrected chi connectivity index (χ3v) is 5.61. The summed E-state index contributed by atoms with van der Waals surface area (Å²) in [6, 6.07) is 5.95. The third-order valence-electron chi connectivity index (χ3n) is 5.12. The van der Waals surface area contributed by atoms with Crippen LogP contribution in [0.4, 0.5) is 0 Å². The molecule has 2 aliphatic heterocycles. The molecule has 2 fully saturated rings. The molecule has 2 heterocycles. The Balaban J connectivity index is 1.85. The summed E-state index contributed by atoms with van der Waals surface area (Å²) in [5.74, 6) is 0.0416. The van der Waals surface area contributed by atoms with Crippen molar-refractivity contribution in [1.82, 2.24) is 0 Å². The topological polar surface area (TPSA) is 46.5 Å². The van der Waals surface area contributed by atoms with Crippen molar-refractivity contribution >= 4 is 27.3 Å². The molecule has 0 aromatic heterocycles. The molecular weight excluding hydrogens is 332 g/mol. The second kappa shape index (κ2) is 4.68. The van der Waals surface area contributed by atoms with E-state index in [0.717, 1.165) is 34.9 Å². The minimum atomic E-state index is -0.164. The number of allylic oxidation sites excluding steroid dienone is 1. The number of ketones is 1. The number of ether oxygens (including phenoxy) is 1. The molecule has 4 rings (SSSR count). The molecular formula is C17H17BrO3. The van der Waals surface area contributed by atoms with E-state index in [4.69, 9.17) is 4.74 Å². The average Bonchev–Trinajstić information content (AvgIpc) is 3.13. The molecule has 1 aromatic rings. The zero-order valence-corrected chi connectivity index (χ0v) is 13.4. The third kappa shape index (κ3) is 1.78. The molecule has 2 saturated heterocycles. The smallest absolute Gasteiger partial charge is 0.173 e. The molecule has 4 atom stereocenters. The highest BCUT2D eigenvalue weighted by molar-refractivity contribution is 9.10. The molecule has 0 spiro atoms. The van der Waals surface area contributed by atoms with E-state index in [9.17, 15) is 9.90 Å². The first-order valence-corrected chi connectivity index (χ1v) is 8.32. The number of carbonyl (C=O) groups is 1. The van der Waals surface area contributed by atoms with Crippen molar-refractivity contribution < 1.29 is 14.6 Å². The second-order valence-corrected chi connectivity index (χ2v) is 7.04. The Kier molecular flexibility index (Phi) is 3.02. The maximum absolute atomic E-state index is 12.9. The number of carbonyl (C=O) groups excluding carboxylic acids is 1. The van der Waals surface area contributed by atoms with Gasteiger partial charge in [-0.2, -0.15) is 0 Å². The van der Waals surface area contributed by atoms with Crippen LogP contribution in [0.5, 0.6) is 0 Å². The number of fused-ring (bicyclic) bond motifs is 5. The summed E-state index contributed by atoms with van der Waals surface area (Å²) in [5, 5.41) is 10.7. The Hall–Kier alpha value is -1.13. The summed E-state index contributed by atoms with van der Waals surface area (Å²) in [5.41, 5.74) is 2.51. The molecule has 3 aliphatic rings. The highest BCUT2D eigenvalue weighted by atomic mass is 79.9. The minimum Gasteiger partial charge on any atom is -0.511 e. The lowest BCUT2D eigenvalue weighted by molar-refractivity contribution is -0.118. The molecule has 0 saturated carbocycles. The molecule has 1 N–H and O–H groups in total. The summed E-state index contributed by atoms with van der Waals surface area (Å²) in [6.45, 7) is 2.07. The van der Waals surface area contributed by atoms with Gasteiger partial charge in [-0.05, 0) is 42.5 Å². The number of Topliss-reactive ketones (excluding diaryl/α,β-unsaturated/α-hetero) is 1. The maximum Gasteiger partial charge on any atom is 0.173 e. The number of aryl methyl sites for hydroxylation is 1. The Morgan fingerprint density at radius 2 is 2.00 bits per heavy atom. The normalized spacial score (nSPS) is 33.9. The van der Waals surface area contributed by atoms with Crippen LogP contribution >= 0.6 is 15.9 Å². The lowest BCUT2D eigenvalue weighted by atomic mass is 9.80. The van der Waals surface area contributed by atoms with Crippen LogP contribution in [-0.4, -0.2) is 23.1 Å². The van der Waals surface area contributed by atoms with E-state index in [0.29, 0.717) is 5.57 Å². The number of hydrogen-bond donors (Lipinski definition) is 1. The van der Waals surface area contributed by atoms with Gasteiger partial charge in [-0.25, -0.2) is 0 Å². The second-order valence-electron chi connectivity index (χ2n) is 6.12. The van der Waals surface area contributed by atoms with E-state index in [1.54, 1.807) is 0 Å². The van der Waals surface area contributed by atoms with Crippen molar-refractivity contribution in [3.05, 3.63) is 39.6 Å². The van der Waals surface area contributed by atoms with Gasteiger partial charge in [0.25, 0.3) is 0 Å². The van der Waals surface area contributed by atoms with E-state index in [2.05, 4.69) is 22.9 Å². The van der Waals surface area contributed by atoms with E-state index in [-0.39, 0.29) is 35.6 Å². The summed E-state index contributed by atoms with van der Waals surface area (Å²) in [7, 11) is 0. The van der Waals surface area contributed by atoms with Gasteiger partial charge in [0.2, 0.25) is 0 Å². The van der Waals surface area contributed by atoms with Crippen LogP contribution in [0.1, 0.15) is 30.9 Å². The minimum absolute atomic E-state index is 0.00406. The van der Waals surface area contributed by atoms with E-state index in [1.807, 2.05) is 18.2 Å². The Morgan fingerprint density at radius 3 is 2.67 bits per heavy atom. The average molecular weight is 349 g/mol. The van der Waals surface area contributed by atoms with Crippen molar-refractivity contribution in [3.63, 3.8) is 0 Å². The van der Waals surface area contributed by atoms with Gasteiger partial charge < -0.3 is 9.84 Å². The monoisotopic (exact) mass is 348 g/mol. The van der Waals surface area contributed by atoms with Crippen molar-refractivity contribution in [2.75, 3.05) is 0 Å². The zero-order valence-electron chi connectivity index (χ0n) is 11.8. The number of aliphatic hydroxyl groups is 1. The van der Waals surface area contributed by atoms with Gasteiger partial charge in [0.05, 0.1) is 29.6 Å². The summed E-state index contributed by atoms with van der Waals surface area (Å²) >= 11 is 3.47. The SMILES string of the molecule is CCc1ccc(Br)cc1C1=C(O)[C@H]2C3CCC(O3)[C@H]2C1=O. The molecule has 2 bridgehead atoms. The largest absolute Gasteiger partial charge is 0.511 e. The summed E-state index contributed by atoms with van der Waals surface area (Å²) < 4.78 is 6.75. The molecule has 110 valence electrons. The predicted molar refractivity (Wildman–Crippen MR) is 83.0 cm³/mol. The van der Waals surface area contributed by atoms with Gasteiger partial charge in [-0.1, -0.05) is 28.9 Å². The summed E-state index contributed by atoms with van der Waals surface area (Å²) in [4.78, 5) is 12.9. The lowest BCUT2D eigenvalue weighted by Gasteiger charge is -2.19. The van der Waals surface area contributed by atoms with Gasteiger partial charge in [0, 0.05) is 4.47 Å². The van der Waals surface area contributed by atoms with E-state index >= 15 is 0 Å². The molecule has 21 heavy (non-hydrogen) atoms. The van der Waals surface area contributed by atoms with Crippen LogP contribution in [0.15, 0.2) is 28.4 Å². The first-order valence-electron chi connectivity index (χ1n) is 7.53. The first kappa shape index (κ1) is 13.5. The zero-order chi connectivity index (χ0) is 14.7. The first-order chi connectivity index (χ1) is 10.1. The fraction of sp³-hybridized carbons (Fsp3) is 0.471. The van der Waals surface area contributed by atoms with Crippen LogP contribution in [0, 0.1) is 11.8 Å². The van der Waals surface area contributed by atoms with Gasteiger partial charge in [0.15, 0.2) is 5.78 Å². The summed E-state index contributed by atoms with van der Waals surface area (Å²) in [6.07, 6.45) is 2.76.